The molecule has 0 saturated carbocycles. The minimum absolute atomic E-state index is 0.0598. The number of hydrogen-bond acceptors (Lipinski definition) is 4. The number of benzene rings is 2. The number of hydrogen-bond donors (Lipinski definition) is 2. The fraction of sp³-hybridized carbons (Fsp3) is 0.118. The predicted octanol–water partition coefficient (Wildman–Crippen LogP) is 2.05. The van der Waals surface area contributed by atoms with Crippen molar-refractivity contribution >= 4 is 33.4 Å². The minimum atomic E-state index is -3.85. The third-order valence-electron chi connectivity index (χ3n) is 3.26. The van der Waals surface area contributed by atoms with Gasteiger partial charge in [0.25, 0.3) is 0 Å². The average Bonchev–Trinajstić information content (AvgIpc) is 2.53. The molecule has 0 heterocycles. The first-order valence-corrected chi connectivity index (χ1v) is 8.70. The lowest BCUT2D eigenvalue weighted by Gasteiger charge is -2.18. The van der Waals surface area contributed by atoms with Gasteiger partial charge in [-0.2, -0.15) is 0 Å². The molecule has 24 heavy (non-hydrogen) atoms. The highest BCUT2D eigenvalue weighted by Gasteiger charge is 2.13. The van der Waals surface area contributed by atoms with Crippen LogP contribution in [0.15, 0.2) is 59.5 Å². The molecule has 2 rings (SSSR count). The number of amides is 1. The molecule has 0 aliphatic heterocycles. The van der Waals surface area contributed by atoms with Crippen LogP contribution in [0.3, 0.4) is 0 Å². The molecule has 1 amide bonds. The van der Waals surface area contributed by atoms with Gasteiger partial charge in [-0.15, -0.1) is 0 Å². The summed E-state index contributed by atoms with van der Waals surface area (Å²) < 4.78 is 23.0. The number of nitrogens with two attached hydrogens (primary N) is 1. The first-order chi connectivity index (χ1) is 11.3. The smallest absolute Gasteiger partial charge is 0.248 e. The van der Waals surface area contributed by atoms with Crippen molar-refractivity contribution in [3.63, 3.8) is 0 Å². The second-order valence-corrected chi connectivity index (χ2v) is 6.91. The van der Waals surface area contributed by atoms with Crippen molar-refractivity contribution in [2.75, 3.05) is 24.3 Å². The Bertz CT molecular complexity index is 860. The van der Waals surface area contributed by atoms with Crippen LogP contribution in [-0.4, -0.2) is 28.4 Å². The van der Waals surface area contributed by atoms with Gasteiger partial charge in [0.05, 0.1) is 16.3 Å². The molecule has 0 bridgehead atoms. The normalized spacial score (nSPS) is 11.5. The van der Waals surface area contributed by atoms with Gasteiger partial charge in [0.2, 0.25) is 15.9 Å². The van der Waals surface area contributed by atoms with Crippen molar-refractivity contribution in [1.82, 2.24) is 0 Å². The highest BCUT2D eigenvalue weighted by Crippen LogP contribution is 2.27. The Kier molecular flexibility index (Phi) is 5.38. The lowest BCUT2D eigenvalue weighted by Crippen LogP contribution is -2.17. The van der Waals surface area contributed by atoms with Gasteiger partial charge in [0.15, 0.2) is 0 Å². The van der Waals surface area contributed by atoms with Crippen LogP contribution >= 0.6 is 0 Å². The van der Waals surface area contributed by atoms with Crippen molar-refractivity contribution < 1.29 is 13.2 Å². The molecule has 2 aromatic rings. The molecule has 0 unspecified atom stereocenters. The summed E-state index contributed by atoms with van der Waals surface area (Å²) in [5.41, 5.74) is 1.93. The maximum absolute atomic E-state index is 12.1. The van der Waals surface area contributed by atoms with E-state index in [-0.39, 0.29) is 10.8 Å². The van der Waals surface area contributed by atoms with E-state index < -0.39 is 10.0 Å². The molecular weight excluding hydrogens is 326 g/mol. The number of nitrogens with one attached hydrogen (secondary N) is 1. The van der Waals surface area contributed by atoms with Gasteiger partial charge in [-0.3, -0.25) is 4.79 Å². The summed E-state index contributed by atoms with van der Waals surface area (Å²) in [6, 6.07) is 13.7. The molecule has 0 atom stereocenters. The molecular formula is C17H19N3O3S. The Morgan fingerprint density at radius 3 is 2.38 bits per heavy atom. The number of sulfonamides is 1. The summed E-state index contributed by atoms with van der Waals surface area (Å²) in [6.45, 7) is 0. The lowest BCUT2D eigenvalue weighted by atomic mass is 10.2. The Morgan fingerprint density at radius 1 is 1.12 bits per heavy atom. The molecule has 0 fully saturated rings. The average molecular weight is 345 g/mol. The number of primary sulfonamides is 1. The molecule has 0 aliphatic rings. The van der Waals surface area contributed by atoms with Crippen LogP contribution < -0.4 is 15.4 Å². The number of rotatable bonds is 5. The maximum Gasteiger partial charge on any atom is 0.248 e. The molecule has 0 aromatic heterocycles. The third kappa shape index (κ3) is 4.68. The van der Waals surface area contributed by atoms with E-state index in [0.717, 1.165) is 5.56 Å². The number of nitrogens with zero attached hydrogens (tertiary/aromatic N) is 1. The Hall–Kier alpha value is -2.64. The summed E-state index contributed by atoms with van der Waals surface area (Å²) in [5.74, 6) is -0.367. The van der Waals surface area contributed by atoms with E-state index in [1.807, 2.05) is 30.3 Å². The fourth-order valence-electron chi connectivity index (χ4n) is 2.09. The van der Waals surface area contributed by atoms with Crippen LogP contribution in [0, 0.1) is 0 Å². The van der Waals surface area contributed by atoms with Crippen molar-refractivity contribution in [3.8, 4) is 0 Å². The molecule has 6 nitrogen and oxygen atoms in total. The van der Waals surface area contributed by atoms with Gasteiger partial charge >= 0.3 is 0 Å². The Labute approximate surface area is 141 Å². The quantitative estimate of drug-likeness (QED) is 0.811. The highest BCUT2D eigenvalue weighted by atomic mass is 32.2. The van der Waals surface area contributed by atoms with Crippen molar-refractivity contribution in [1.29, 1.82) is 0 Å². The molecule has 0 spiro atoms. The Balaban J connectivity index is 2.26. The first kappa shape index (κ1) is 17.7. The zero-order valence-corrected chi connectivity index (χ0v) is 14.2. The third-order valence-corrected chi connectivity index (χ3v) is 4.17. The van der Waals surface area contributed by atoms with E-state index in [4.69, 9.17) is 5.14 Å². The standard InChI is InChI=1S/C17H19N3O3S/c1-20(2)16-10-9-14(24(18,22)23)12-15(16)19-17(21)11-8-13-6-4-3-5-7-13/h3-12H,1-2H3,(H,19,21)(H2,18,22,23)/b11-8+. The summed E-state index contributed by atoms with van der Waals surface area (Å²) in [6.07, 6.45) is 3.06. The van der Waals surface area contributed by atoms with E-state index in [9.17, 15) is 13.2 Å². The zero-order valence-electron chi connectivity index (χ0n) is 13.4. The highest BCUT2D eigenvalue weighted by molar-refractivity contribution is 7.89. The first-order valence-electron chi connectivity index (χ1n) is 7.15. The topological polar surface area (TPSA) is 92.5 Å². The summed E-state index contributed by atoms with van der Waals surface area (Å²) in [7, 11) is -0.261. The van der Waals surface area contributed by atoms with Crippen LogP contribution in [-0.2, 0) is 14.8 Å². The molecule has 7 heteroatoms. The van der Waals surface area contributed by atoms with Gasteiger partial charge in [-0.05, 0) is 29.8 Å². The van der Waals surface area contributed by atoms with Crippen molar-refractivity contribution in [2.24, 2.45) is 5.14 Å². The van der Waals surface area contributed by atoms with Crippen LogP contribution in [0.25, 0.3) is 6.08 Å². The van der Waals surface area contributed by atoms with Crippen LogP contribution in [0.5, 0.6) is 0 Å². The summed E-state index contributed by atoms with van der Waals surface area (Å²) in [4.78, 5) is 13.8. The van der Waals surface area contributed by atoms with E-state index in [0.29, 0.717) is 11.4 Å². The van der Waals surface area contributed by atoms with E-state index in [1.54, 1.807) is 31.1 Å². The molecule has 0 aliphatic carbocycles. The van der Waals surface area contributed by atoms with Gasteiger partial charge in [0.1, 0.15) is 0 Å². The van der Waals surface area contributed by atoms with Gasteiger partial charge in [-0.1, -0.05) is 30.3 Å². The van der Waals surface area contributed by atoms with E-state index in [1.165, 1.54) is 18.2 Å². The van der Waals surface area contributed by atoms with Crippen LogP contribution in [0.4, 0.5) is 11.4 Å². The molecule has 126 valence electrons. The number of carbonyl (C=O) groups excluding carboxylic acids is 1. The predicted molar refractivity (Wildman–Crippen MR) is 96.2 cm³/mol. The van der Waals surface area contributed by atoms with Gasteiger partial charge in [-0.25, -0.2) is 13.6 Å². The molecule has 0 saturated heterocycles. The SMILES string of the molecule is CN(C)c1ccc(S(N)(=O)=O)cc1NC(=O)/C=C/c1ccccc1. The lowest BCUT2D eigenvalue weighted by molar-refractivity contribution is -0.111. The largest absolute Gasteiger partial charge is 0.376 e. The number of anilines is 2. The monoisotopic (exact) mass is 345 g/mol. The fourth-order valence-corrected chi connectivity index (χ4v) is 2.63. The van der Waals surface area contributed by atoms with Crippen molar-refractivity contribution in [2.45, 2.75) is 4.90 Å². The second-order valence-electron chi connectivity index (χ2n) is 5.35. The molecule has 0 radical (unpaired) electrons. The van der Waals surface area contributed by atoms with Crippen LogP contribution in [0.1, 0.15) is 5.56 Å². The summed E-state index contributed by atoms with van der Waals surface area (Å²) >= 11 is 0. The van der Waals surface area contributed by atoms with Gasteiger partial charge in [0, 0.05) is 20.2 Å². The second kappa shape index (κ2) is 7.29. The van der Waals surface area contributed by atoms with Crippen molar-refractivity contribution in [3.05, 3.63) is 60.2 Å². The van der Waals surface area contributed by atoms with E-state index in [2.05, 4.69) is 5.32 Å². The van der Waals surface area contributed by atoms with Gasteiger partial charge < -0.3 is 10.2 Å². The Morgan fingerprint density at radius 2 is 1.79 bits per heavy atom. The van der Waals surface area contributed by atoms with E-state index >= 15 is 0 Å². The summed E-state index contributed by atoms with van der Waals surface area (Å²) in [5, 5.41) is 7.84. The minimum Gasteiger partial charge on any atom is -0.376 e. The molecule has 2 aromatic carbocycles. The zero-order chi connectivity index (χ0) is 17.7. The maximum atomic E-state index is 12.1. The number of carbonyl (C=O) groups is 1. The van der Waals surface area contributed by atoms with Crippen LogP contribution in [0.2, 0.25) is 0 Å². The molecule has 3 N–H and O–H groups in total.